The third-order valence-electron chi connectivity index (χ3n) is 8.23. The molecular formula is C26H45NO10. The first-order chi connectivity index (χ1) is 17.4. The smallest absolute Gasteiger partial charge is 0.256 e. The number of fused-ring (bicyclic) bond motifs is 1. The molecule has 0 spiro atoms. The van der Waals surface area contributed by atoms with E-state index in [1.54, 1.807) is 21.3 Å². The summed E-state index contributed by atoms with van der Waals surface area (Å²) in [7, 11) is 6.28. The van der Waals surface area contributed by atoms with Gasteiger partial charge in [0, 0.05) is 52.6 Å². The Morgan fingerprint density at radius 1 is 1.19 bits per heavy atom. The van der Waals surface area contributed by atoms with Crippen LogP contribution in [0.4, 0.5) is 0 Å². The number of hydrogen-bond acceptors (Lipinski definition) is 10. The molecule has 10 atom stereocenters. The number of aliphatic hydroxyl groups is 1. The second-order valence-corrected chi connectivity index (χ2v) is 10.8. The Bertz CT molecular complexity index is 793. The van der Waals surface area contributed by atoms with E-state index in [9.17, 15) is 9.90 Å². The van der Waals surface area contributed by atoms with Crippen LogP contribution in [0.1, 0.15) is 40.5 Å². The first-order valence-corrected chi connectivity index (χ1v) is 12.8. The summed E-state index contributed by atoms with van der Waals surface area (Å²) in [6.07, 6.45) is -4.23. The Labute approximate surface area is 220 Å². The minimum atomic E-state index is -1.64. The van der Waals surface area contributed by atoms with E-state index < -0.39 is 41.6 Å². The van der Waals surface area contributed by atoms with Gasteiger partial charge in [0.2, 0.25) is 5.79 Å². The number of nitrogens with one attached hydrogen (secondary N) is 1. The third-order valence-corrected chi connectivity index (χ3v) is 8.23. The van der Waals surface area contributed by atoms with E-state index in [0.717, 1.165) is 5.57 Å². The number of carbonyl (C=O) groups excluding carboxylic acids is 1. The molecule has 2 N–H and O–H groups in total. The molecule has 3 rings (SSSR count). The fourth-order valence-electron chi connectivity index (χ4n) is 5.59. The number of rotatable bonds is 10. The summed E-state index contributed by atoms with van der Waals surface area (Å²) in [5, 5.41) is 13.9. The monoisotopic (exact) mass is 531 g/mol. The number of hydrogen-bond donors (Lipinski definition) is 2. The normalized spacial score (nSPS) is 39.5. The average molecular weight is 532 g/mol. The molecule has 3 saturated heterocycles. The first-order valence-electron chi connectivity index (χ1n) is 12.8. The summed E-state index contributed by atoms with van der Waals surface area (Å²) in [4.78, 5) is 13.3. The Kier molecular flexibility index (Phi) is 10.1. The van der Waals surface area contributed by atoms with Gasteiger partial charge >= 0.3 is 0 Å². The number of methoxy groups -OCH3 is 4. The van der Waals surface area contributed by atoms with Crippen LogP contribution in [0.25, 0.3) is 0 Å². The van der Waals surface area contributed by atoms with Crippen molar-refractivity contribution in [3.63, 3.8) is 0 Å². The Morgan fingerprint density at radius 2 is 1.89 bits per heavy atom. The van der Waals surface area contributed by atoms with E-state index in [1.807, 2.05) is 13.8 Å². The lowest BCUT2D eigenvalue weighted by Gasteiger charge is -2.54. The van der Waals surface area contributed by atoms with Gasteiger partial charge in [-0.25, -0.2) is 0 Å². The van der Waals surface area contributed by atoms with Crippen molar-refractivity contribution in [3.05, 3.63) is 12.2 Å². The topological polar surface area (TPSA) is 123 Å². The zero-order valence-electron chi connectivity index (χ0n) is 23.4. The summed E-state index contributed by atoms with van der Waals surface area (Å²) >= 11 is 0. The summed E-state index contributed by atoms with van der Waals surface area (Å²) < 4.78 is 46.5. The Hall–Kier alpha value is -1.15. The molecule has 3 aliphatic heterocycles. The van der Waals surface area contributed by atoms with Gasteiger partial charge in [-0.15, -0.1) is 0 Å². The van der Waals surface area contributed by atoms with Crippen LogP contribution in [-0.4, -0.2) is 108 Å². The summed E-state index contributed by atoms with van der Waals surface area (Å²) in [5.41, 5.74) is 0.386. The van der Waals surface area contributed by atoms with Gasteiger partial charge in [-0.1, -0.05) is 32.9 Å². The molecule has 0 unspecified atom stereocenters. The quantitative estimate of drug-likeness (QED) is 0.400. The Morgan fingerprint density at radius 3 is 2.46 bits per heavy atom. The van der Waals surface area contributed by atoms with Crippen LogP contribution in [0.2, 0.25) is 0 Å². The van der Waals surface area contributed by atoms with Gasteiger partial charge < -0.3 is 48.3 Å². The van der Waals surface area contributed by atoms with Crippen LogP contribution in [-0.2, 0) is 42.7 Å². The van der Waals surface area contributed by atoms with Gasteiger partial charge in [-0.05, 0) is 6.92 Å². The van der Waals surface area contributed by atoms with Gasteiger partial charge in [0.15, 0.2) is 12.3 Å². The highest BCUT2D eigenvalue weighted by Crippen LogP contribution is 2.44. The molecule has 214 valence electrons. The molecule has 0 aromatic carbocycles. The predicted molar refractivity (Wildman–Crippen MR) is 132 cm³/mol. The second kappa shape index (κ2) is 12.4. The molecule has 1 amide bonds. The van der Waals surface area contributed by atoms with E-state index in [0.29, 0.717) is 13.0 Å². The van der Waals surface area contributed by atoms with E-state index in [1.165, 1.54) is 7.11 Å². The van der Waals surface area contributed by atoms with Crippen molar-refractivity contribution in [2.24, 2.45) is 11.3 Å². The van der Waals surface area contributed by atoms with E-state index >= 15 is 0 Å². The van der Waals surface area contributed by atoms with E-state index in [2.05, 4.69) is 25.7 Å². The lowest BCUT2D eigenvalue weighted by Crippen LogP contribution is -2.69. The summed E-state index contributed by atoms with van der Waals surface area (Å²) in [5.74, 6) is -2.21. The molecule has 0 saturated carbocycles. The largest absolute Gasteiger partial charge is 0.382 e. The van der Waals surface area contributed by atoms with Gasteiger partial charge in [0.25, 0.3) is 5.91 Å². The summed E-state index contributed by atoms with van der Waals surface area (Å²) in [6.45, 7) is 12.4. The molecular weight excluding hydrogens is 486 g/mol. The van der Waals surface area contributed by atoms with Crippen LogP contribution in [0.15, 0.2) is 12.2 Å². The van der Waals surface area contributed by atoms with Crippen molar-refractivity contribution in [2.45, 2.75) is 95.3 Å². The maximum Gasteiger partial charge on any atom is 0.256 e. The fourth-order valence-corrected chi connectivity index (χ4v) is 5.59. The molecule has 3 aliphatic rings. The minimum Gasteiger partial charge on any atom is -0.382 e. The first kappa shape index (κ1) is 30.4. The highest BCUT2D eigenvalue weighted by Gasteiger charge is 2.57. The molecule has 3 heterocycles. The van der Waals surface area contributed by atoms with Crippen LogP contribution < -0.4 is 5.32 Å². The standard InChI is InChI=1S/C26H45NO10/c1-14-11-26(33-9,37-16(3)15(14)2)21(28)23(29)27-24-20-19(34-13-35-24)22(32-8)25(4,5)18(36-20)10-17(31-7)12-30-6/h15-22,24,28H,1,10-13H2,2-9H3,(H,27,29)/t15-,16-,17+,18-,19+,20+,21-,22-,24-,26-/m1/s1. The van der Waals surface area contributed by atoms with Gasteiger partial charge in [-0.3, -0.25) is 4.79 Å². The van der Waals surface area contributed by atoms with Gasteiger partial charge in [0.05, 0.1) is 31.0 Å². The van der Waals surface area contributed by atoms with Crippen LogP contribution in [0, 0.1) is 11.3 Å². The van der Waals surface area contributed by atoms with Gasteiger partial charge in [0.1, 0.15) is 19.0 Å². The molecule has 0 aromatic rings. The minimum absolute atomic E-state index is 0.0639. The zero-order valence-corrected chi connectivity index (χ0v) is 23.4. The van der Waals surface area contributed by atoms with Crippen LogP contribution in [0.3, 0.4) is 0 Å². The SMILES string of the molecule is C=C1C[C@](OC)([C@H](O)C(=O)N[C@@H]2OCO[C@H]3[C@@H]2O[C@H](C[C@@H](COC)OC)C(C)(C)[C@@H]3OC)O[C@H](C)[C@@H]1C. The maximum atomic E-state index is 13.3. The lowest BCUT2D eigenvalue weighted by molar-refractivity contribution is -0.333. The lowest BCUT2D eigenvalue weighted by atomic mass is 9.72. The number of ether oxygens (including phenoxy) is 8. The molecule has 0 radical (unpaired) electrons. The molecule has 11 heteroatoms. The van der Waals surface area contributed by atoms with Crippen molar-refractivity contribution < 1.29 is 47.8 Å². The molecule has 11 nitrogen and oxygen atoms in total. The highest BCUT2D eigenvalue weighted by atomic mass is 16.7. The van der Waals surface area contributed by atoms with Crippen molar-refractivity contribution in [2.75, 3.05) is 41.8 Å². The number of carbonyl (C=O) groups is 1. The van der Waals surface area contributed by atoms with Gasteiger partial charge in [-0.2, -0.15) is 0 Å². The van der Waals surface area contributed by atoms with Crippen molar-refractivity contribution in [1.82, 2.24) is 5.32 Å². The van der Waals surface area contributed by atoms with Crippen LogP contribution in [0.5, 0.6) is 0 Å². The molecule has 0 aromatic heterocycles. The maximum absolute atomic E-state index is 13.3. The van der Waals surface area contributed by atoms with Crippen LogP contribution >= 0.6 is 0 Å². The van der Waals surface area contributed by atoms with E-state index in [4.69, 9.17) is 37.9 Å². The predicted octanol–water partition coefficient (Wildman–Crippen LogP) is 1.37. The molecule has 3 fully saturated rings. The average Bonchev–Trinajstić information content (AvgIpc) is 2.86. The zero-order chi connectivity index (χ0) is 27.5. The van der Waals surface area contributed by atoms with Crippen molar-refractivity contribution >= 4 is 5.91 Å². The third kappa shape index (κ3) is 6.05. The fraction of sp³-hybridized carbons (Fsp3) is 0.885. The Balaban J connectivity index is 1.80. The number of amides is 1. The molecule has 0 aliphatic carbocycles. The number of aliphatic hydroxyl groups excluding tert-OH is 1. The highest BCUT2D eigenvalue weighted by molar-refractivity contribution is 5.82. The second-order valence-electron chi connectivity index (χ2n) is 10.8. The molecule has 0 bridgehead atoms. The summed E-state index contributed by atoms with van der Waals surface area (Å²) in [6, 6.07) is 0. The van der Waals surface area contributed by atoms with Crippen molar-refractivity contribution in [1.29, 1.82) is 0 Å². The van der Waals surface area contributed by atoms with E-state index in [-0.39, 0.29) is 43.5 Å². The van der Waals surface area contributed by atoms with Crippen molar-refractivity contribution in [3.8, 4) is 0 Å². The molecule has 37 heavy (non-hydrogen) atoms.